The van der Waals surface area contributed by atoms with Crippen LogP contribution in [0.25, 0.3) is 0 Å². The number of anilines is 1. The number of nitrogens with one attached hydrogen (secondary N) is 2. The van der Waals surface area contributed by atoms with Gasteiger partial charge in [-0.1, -0.05) is 6.07 Å². The van der Waals surface area contributed by atoms with Crippen molar-refractivity contribution in [3.63, 3.8) is 0 Å². The molecule has 128 valence electrons. The lowest BCUT2D eigenvalue weighted by Crippen LogP contribution is -2.19. The maximum atomic E-state index is 12.0. The zero-order valence-corrected chi connectivity index (χ0v) is 14.6. The lowest BCUT2D eigenvalue weighted by atomic mass is 10.2. The zero-order valence-electron chi connectivity index (χ0n) is 13.8. The minimum Gasteiger partial charge on any atom is -0.355 e. The van der Waals surface area contributed by atoms with Gasteiger partial charge in [-0.25, -0.2) is 4.68 Å². The molecule has 24 heavy (non-hydrogen) atoms. The average Bonchev–Trinajstić information content (AvgIpc) is 3.03. The quantitative estimate of drug-likeness (QED) is 0.786. The van der Waals surface area contributed by atoms with Crippen molar-refractivity contribution < 1.29 is 9.59 Å². The molecule has 1 aromatic heterocycles. The third-order valence-electron chi connectivity index (χ3n) is 3.15. The van der Waals surface area contributed by atoms with Gasteiger partial charge in [0.2, 0.25) is 5.91 Å². The van der Waals surface area contributed by atoms with Gasteiger partial charge in [-0.3, -0.25) is 9.59 Å². The summed E-state index contributed by atoms with van der Waals surface area (Å²) >= 11 is 1.43. The van der Waals surface area contributed by atoms with Gasteiger partial charge in [0.25, 0.3) is 5.91 Å². The Kier molecular flexibility index (Phi) is 6.30. The third-order valence-corrected chi connectivity index (χ3v) is 4.08. The molecule has 2 amide bonds. The van der Waals surface area contributed by atoms with Gasteiger partial charge in [-0.2, -0.15) is 0 Å². The molecule has 1 heterocycles. The minimum atomic E-state index is -0.194. The summed E-state index contributed by atoms with van der Waals surface area (Å²) in [6.07, 6.45) is 0. The Morgan fingerprint density at radius 3 is 2.83 bits per heavy atom. The fourth-order valence-electron chi connectivity index (χ4n) is 2.02. The number of carbonyl (C=O) groups excluding carboxylic acids is 2. The Bertz CT molecular complexity index is 715. The summed E-state index contributed by atoms with van der Waals surface area (Å²) in [6, 6.07) is 6.98. The molecule has 1 aromatic carbocycles. The van der Waals surface area contributed by atoms with Gasteiger partial charge < -0.3 is 10.6 Å². The molecule has 0 aliphatic heterocycles. The molecule has 0 saturated heterocycles. The summed E-state index contributed by atoms with van der Waals surface area (Å²) in [5.41, 5.74) is 1.09. The zero-order chi connectivity index (χ0) is 17.5. The molecule has 2 N–H and O–H groups in total. The molecule has 2 aromatic rings. The summed E-state index contributed by atoms with van der Waals surface area (Å²) in [6.45, 7) is 3.99. The number of nitrogens with zero attached hydrogens (tertiary/aromatic N) is 4. The van der Waals surface area contributed by atoms with Crippen molar-refractivity contribution in [1.82, 2.24) is 25.5 Å². The molecule has 8 nitrogen and oxygen atoms in total. The number of benzene rings is 1. The monoisotopic (exact) mass is 348 g/mol. The summed E-state index contributed by atoms with van der Waals surface area (Å²) < 4.78 is 1.73. The van der Waals surface area contributed by atoms with Crippen LogP contribution in [-0.4, -0.2) is 44.8 Å². The van der Waals surface area contributed by atoms with E-state index in [1.54, 1.807) is 36.0 Å². The van der Waals surface area contributed by atoms with E-state index in [1.807, 2.05) is 13.8 Å². The van der Waals surface area contributed by atoms with Gasteiger partial charge in [0.15, 0.2) is 5.82 Å². The van der Waals surface area contributed by atoms with Crippen molar-refractivity contribution in [1.29, 1.82) is 0 Å². The number of hydrogen-bond acceptors (Lipinski definition) is 6. The summed E-state index contributed by atoms with van der Waals surface area (Å²) in [5.74, 6) is 1.23. The minimum absolute atomic E-state index is 0.141. The maximum absolute atomic E-state index is 12.0. The van der Waals surface area contributed by atoms with E-state index in [-0.39, 0.29) is 23.6 Å². The molecular weight excluding hydrogens is 328 g/mol. The van der Waals surface area contributed by atoms with E-state index in [1.165, 1.54) is 11.8 Å². The molecule has 0 saturated carbocycles. The van der Waals surface area contributed by atoms with Gasteiger partial charge >= 0.3 is 0 Å². The second-order valence-corrected chi connectivity index (χ2v) is 6.32. The average molecular weight is 348 g/mol. The Balaban J connectivity index is 1.85. The van der Waals surface area contributed by atoms with Gasteiger partial charge in [-0.05, 0) is 42.5 Å². The van der Waals surface area contributed by atoms with E-state index in [4.69, 9.17) is 0 Å². The molecule has 0 bridgehead atoms. The topological polar surface area (TPSA) is 102 Å². The largest absolute Gasteiger partial charge is 0.355 e. The number of hydrogen-bond donors (Lipinski definition) is 2. The second kappa shape index (κ2) is 8.44. The molecule has 0 aliphatic rings. The van der Waals surface area contributed by atoms with Crippen LogP contribution in [0.4, 0.5) is 5.69 Å². The van der Waals surface area contributed by atoms with Crippen LogP contribution in [0.1, 0.15) is 36.1 Å². The molecule has 2 rings (SSSR count). The third kappa shape index (κ3) is 4.79. The van der Waals surface area contributed by atoms with Crippen LogP contribution in [0.15, 0.2) is 24.3 Å². The SMILES string of the molecule is CNC(=O)c1cccc(NC(=O)CSCc2nnnn2C(C)C)c1. The molecule has 0 fully saturated rings. The first-order chi connectivity index (χ1) is 11.5. The fourth-order valence-corrected chi connectivity index (χ4v) is 2.76. The molecule has 0 aliphatic carbocycles. The molecular formula is C15H20N6O2S. The highest BCUT2D eigenvalue weighted by atomic mass is 32.2. The second-order valence-electron chi connectivity index (χ2n) is 5.33. The first-order valence-corrected chi connectivity index (χ1v) is 8.63. The Labute approximate surface area is 144 Å². The molecule has 0 spiro atoms. The van der Waals surface area contributed by atoms with Crippen LogP contribution in [0.3, 0.4) is 0 Å². The molecule has 9 heteroatoms. The van der Waals surface area contributed by atoms with Crippen molar-refractivity contribution in [3.8, 4) is 0 Å². The first-order valence-electron chi connectivity index (χ1n) is 7.47. The highest BCUT2D eigenvalue weighted by Crippen LogP contribution is 2.14. The number of thioether (sulfide) groups is 1. The van der Waals surface area contributed by atoms with Crippen LogP contribution in [0.2, 0.25) is 0 Å². The van der Waals surface area contributed by atoms with Crippen molar-refractivity contribution in [2.75, 3.05) is 18.1 Å². The summed E-state index contributed by atoms with van der Waals surface area (Å²) in [7, 11) is 1.56. The normalized spacial score (nSPS) is 10.7. The van der Waals surface area contributed by atoms with E-state index in [2.05, 4.69) is 26.2 Å². The Hall–Kier alpha value is -2.42. The van der Waals surface area contributed by atoms with Crippen LogP contribution in [0.5, 0.6) is 0 Å². The summed E-state index contributed by atoms with van der Waals surface area (Å²) in [5, 5.41) is 16.9. The van der Waals surface area contributed by atoms with Crippen LogP contribution in [0, 0.1) is 0 Å². The number of amides is 2. The van der Waals surface area contributed by atoms with Crippen LogP contribution >= 0.6 is 11.8 Å². The van der Waals surface area contributed by atoms with Gasteiger partial charge in [0, 0.05) is 18.3 Å². The van der Waals surface area contributed by atoms with Crippen molar-refractivity contribution >= 4 is 29.3 Å². The molecule has 0 radical (unpaired) electrons. The highest BCUT2D eigenvalue weighted by Gasteiger charge is 2.11. The van der Waals surface area contributed by atoms with E-state index >= 15 is 0 Å². The number of aromatic nitrogens is 4. The predicted molar refractivity (Wildman–Crippen MR) is 92.8 cm³/mol. The maximum Gasteiger partial charge on any atom is 0.251 e. The van der Waals surface area contributed by atoms with Crippen molar-refractivity contribution in [2.24, 2.45) is 0 Å². The first kappa shape index (κ1) is 17.9. The lowest BCUT2D eigenvalue weighted by molar-refractivity contribution is -0.113. The number of rotatable bonds is 7. The summed E-state index contributed by atoms with van der Waals surface area (Å²) in [4.78, 5) is 23.6. The van der Waals surface area contributed by atoms with Crippen LogP contribution < -0.4 is 10.6 Å². The van der Waals surface area contributed by atoms with E-state index in [0.29, 0.717) is 17.0 Å². The van der Waals surface area contributed by atoms with Crippen LogP contribution in [-0.2, 0) is 10.5 Å². The predicted octanol–water partition coefficient (Wildman–Crippen LogP) is 1.49. The smallest absolute Gasteiger partial charge is 0.251 e. The lowest BCUT2D eigenvalue weighted by Gasteiger charge is -2.08. The van der Waals surface area contributed by atoms with E-state index < -0.39 is 0 Å². The Morgan fingerprint density at radius 1 is 1.33 bits per heavy atom. The standard InChI is InChI=1S/C15H20N6O2S/c1-10(2)21-13(18-19-20-21)8-24-9-14(22)17-12-6-4-5-11(7-12)15(23)16-3/h4-7,10H,8-9H2,1-3H3,(H,16,23)(H,17,22). The fraction of sp³-hybridized carbons (Fsp3) is 0.400. The Morgan fingerprint density at radius 2 is 2.12 bits per heavy atom. The van der Waals surface area contributed by atoms with E-state index in [0.717, 1.165) is 5.82 Å². The van der Waals surface area contributed by atoms with Gasteiger partial charge in [0.1, 0.15) is 0 Å². The number of carbonyl (C=O) groups is 2. The highest BCUT2D eigenvalue weighted by molar-refractivity contribution is 7.99. The molecule has 0 atom stereocenters. The van der Waals surface area contributed by atoms with E-state index in [9.17, 15) is 9.59 Å². The van der Waals surface area contributed by atoms with Crippen molar-refractivity contribution in [2.45, 2.75) is 25.6 Å². The molecule has 0 unspecified atom stereocenters. The number of tetrazole rings is 1. The van der Waals surface area contributed by atoms with Crippen molar-refractivity contribution in [3.05, 3.63) is 35.7 Å². The van der Waals surface area contributed by atoms with Gasteiger partial charge in [-0.15, -0.1) is 16.9 Å². The van der Waals surface area contributed by atoms with Gasteiger partial charge in [0.05, 0.1) is 17.5 Å².